The molecule has 0 aliphatic heterocycles. The van der Waals surface area contributed by atoms with Gasteiger partial charge in [0.2, 0.25) is 5.91 Å². The molecule has 21 heavy (non-hydrogen) atoms. The molecular formula is C17H24N2O2. The van der Waals surface area contributed by atoms with Gasteiger partial charge in [0.05, 0.1) is 12.1 Å². The summed E-state index contributed by atoms with van der Waals surface area (Å²) in [6.45, 7) is 8.70. The maximum Gasteiger partial charge on any atom is 0.236 e. The fourth-order valence-electron chi connectivity index (χ4n) is 2.53. The molecule has 1 aromatic carbocycles. The second-order valence-corrected chi connectivity index (χ2v) is 5.49. The van der Waals surface area contributed by atoms with E-state index in [1.165, 1.54) is 0 Å². The fourth-order valence-corrected chi connectivity index (χ4v) is 2.53. The number of aryl methyl sites for hydroxylation is 1. The van der Waals surface area contributed by atoms with Gasteiger partial charge in [0.25, 0.3) is 0 Å². The molecule has 1 heterocycles. The zero-order chi connectivity index (χ0) is 15.4. The number of fused-ring (bicyclic) bond motifs is 1. The predicted octanol–water partition coefficient (Wildman–Crippen LogP) is 3.31. The van der Waals surface area contributed by atoms with Crippen molar-refractivity contribution in [3.63, 3.8) is 0 Å². The van der Waals surface area contributed by atoms with Crippen molar-refractivity contribution in [2.45, 2.75) is 46.2 Å². The van der Waals surface area contributed by atoms with E-state index in [0.29, 0.717) is 6.54 Å². The Hall–Kier alpha value is -1.81. The maximum atomic E-state index is 11.9. The predicted molar refractivity (Wildman–Crippen MR) is 85.3 cm³/mol. The summed E-state index contributed by atoms with van der Waals surface area (Å²) < 4.78 is 5.93. The van der Waals surface area contributed by atoms with E-state index in [2.05, 4.69) is 23.6 Å². The topological polar surface area (TPSA) is 54.3 Å². The Balaban J connectivity index is 2.10. The summed E-state index contributed by atoms with van der Waals surface area (Å²) in [5, 5.41) is 7.33. The highest BCUT2D eigenvalue weighted by Crippen LogP contribution is 2.29. The first-order chi connectivity index (χ1) is 10.0. The molecule has 0 saturated heterocycles. The van der Waals surface area contributed by atoms with Gasteiger partial charge >= 0.3 is 0 Å². The number of hydrogen-bond donors (Lipinski definition) is 2. The van der Waals surface area contributed by atoms with Gasteiger partial charge in [-0.25, -0.2) is 0 Å². The Morgan fingerprint density at radius 3 is 2.67 bits per heavy atom. The lowest BCUT2D eigenvalue weighted by Crippen LogP contribution is -2.43. The van der Waals surface area contributed by atoms with Crippen LogP contribution >= 0.6 is 0 Å². The smallest absolute Gasteiger partial charge is 0.236 e. The van der Waals surface area contributed by atoms with E-state index < -0.39 is 0 Å². The van der Waals surface area contributed by atoms with Gasteiger partial charge in [-0.05, 0) is 38.8 Å². The normalized spacial score (nSPS) is 14.1. The Morgan fingerprint density at radius 2 is 2.00 bits per heavy atom. The molecule has 0 spiro atoms. The van der Waals surface area contributed by atoms with Crippen LogP contribution in [0.15, 0.2) is 28.7 Å². The minimum absolute atomic E-state index is 0.0141. The van der Waals surface area contributed by atoms with Crippen molar-refractivity contribution >= 4 is 16.9 Å². The molecule has 2 unspecified atom stereocenters. The number of carbonyl (C=O) groups is 1. The van der Waals surface area contributed by atoms with Gasteiger partial charge in [0.1, 0.15) is 11.3 Å². The molecule has 0 fully saturated rings. The lowest BCUT2D eigenvalue weighted by Gasteiger charge is -2.18. The first-order valence-electron chi connectivity index (χ1n) is 7.56. The van der Waals surface area contributed by atoms with Crippen molar-refractivity contribution in [3.8, 4) is 0 Å². The maximum absolute atomic E-state index is 11.9. The molecule has 2 atom stereocenters. The van der Waals surface area contributed by atoms with Crippen LogP contribution in [-0.2, 0) is 4.79 Å². The third-order valence-electron chi connectivity index (χ3n) is 3.72. The fraction of sp³-hybridized carbons (Fsp3) is 0.471. The molecule has 4 nitrogen and oxygen atoms in total. The molecule has 1 amide bonds. The standard InChI is InChI=1S/C17H24N2O2/c1-5-10-18-17(20)13(4)19-12(3)16-11(2)14-8-6-7-9-15(14)21-16/h6-9,12-13,19H,5,10H2,1-4H3,(H,18,20). The Labute approximate surface area is 125 Å². The van der Waals surface area contributed by atoms with E-state index in [4.69, 9.17) is 4.42 Å². The minimum Gasteiger partial charge on any atom is -0.459 e. The average molecular weight is 288 g/mol. The van der Waals surface area contributed by atoms with Crippen LogP contribution in [0.2, 0.25) is 0 Å². The molecule has 1 aromatic heterocycles. The molecule has 0 bridgehead atoms. The third-order valence-corrected chi connectivity index (χ3v) is 3.72. The van der Waals surface area contributed by atoms with Crippen molar-refractivity contribution in [2.24, 2.45) is 0 Å². The number of hydrogen-bond acceptors (Lipinski definition) is 3. The number of para-hydroxylation sites is 1. The second-order valence-electron chi connectivity index (χ2n) is 5.49. The minimum atomic E-state index is -0.251. The molecule has 0 aliphatic carbocycles. The molecule has 2 N–H and O–H groups in total. The summed E-state index contributed by atoms with van der Waals surface area (Å²) >= 11 is 0. The first kappa shape index (κ1) is 15.6. The van der Waals surface area contributed by atoms with E-state index in [0.717, 1.165) is 28.7 Å². The highest BCUT2D eigenvalue weighted by Gasteiger charge is 2.20. The van der Waals surface area contributed by atoms with Crippen molar-refractivity contribution < 1.29 is 9.21 Å². The number of carbonyl (C=O) groups excluding carboxylic acids is 1. The molecule has 2 aromatic rings. The number of amides is 1. The Bertz CT molecular complexity index is 618. The summed E-state index contributed by atoms with van der Waals surface area (Å²) in [6, 6.07) is 7.73. The zero-order valence-corrected chi connectivity index (χ0v) is 13.2. The molecule has 2 rings (SSSR count). The number of furan rings is 1. The third kappa shape index (κ3) is 3.45. The number of benzene rings is 1. The molecule has 0 saturated carbocycles. The van der Waals surface area contributed by atoms with Gasteiger partial charge in [-0.15, -0.1) is 0 Å². The van der Waals surface area contributed by atoms with Crippen LogP contribution in [0.1, 0.15) is 44.6 Å². The van der Waals surface area contributed by atoms with Gasteiger partial charge in [-0.1, -0.05) is 25.1 Å². The molecule has 0 aliphatic rings. The summed E-state index contributed by atoms with van der Waals surface area (Å²) in [7, 11) is 0. The zero-order valence-electron chi connectivity index (χ0n) is 13.2. The summed E-state index contributed by atoms with van der Waals surface area (Å²) in [5.74, 6) is 0.920. The van der Waals surface area contributed by atoms with Gasteiger partial charge < -0.3 is 9.73 Å². The van der Waals surface area contributed by atoms with Gasteiger partial charge in [0.15, 0.2) is 0 Å². The van der Waals surface area contributed by atoms with Crippen molar-refractivity contribution in [1.82, 2.24) is 10.6 Å². The van der Waals surface area contributed by atoms with Crippen LogP contribution < -0.4 is 10.6 Å². The highest BCUT2D eigenvalue weighted by atomic mass is 16.3. The van der Waals surface area contributed by atoms with E-state index in [1.807, 2.05) is 39.0 Å². The van der Waals surface area contributed by atoms with Crippen LogP contribution in [0.5, 0.6) is 0 Å². The molecule has 114 valence electrons. The number of rotatable bonds is 6. The van der Waals surface area contributed by atoms with Crippen LogP contribution in [0, 0.1) is 6.92 Å². The van der Waals surface area contributed by atoms with Crippen molar-refractivity contribution in [3.05, 3.63) is 35.6 Å². The lowest BCUT2D eigenvalue weighted by molar-refractivity contribution is -0.122. The monoisotopic (exact) mass is 288 g/mol. The van der Waals surface area contributed by atoms with Crippen LogP contribution in [0.25, 0.3) is 11.0 Å². The van der Waals surface area contributed by atoms with E-state index in [-0.39, 0.29) is 18.0 Å². The van der Waals surface area contributed by atoms with Crippen molar-refractivity contribution in [2.75, 3.05) is 6.54 Å². The van der Waals surface area contributed by atoms with Crippen LogP contribution in [0.4, 0.5) is 0 Å². The Morgan fingerprint density at radius 1 is 1.29 bits per heavy atom. The largest absolute Gasteiger partial charge is 0.459 e. The average Bonchev–Trinajstić information content (AvgIpc) is 2.82. The summed E-state index contributed by atoms with van der Waals surface area (Å²) in [4.78, 5) is 11.9. The van der Waals surface area contributed by atoms with Crippen molar-refractivity contribution in [1.29, 1.82) is 0 Å². The summed E-state index contributed by atoms with van der Waals surface area (Å²) in [5.41, 5.74) is 2.02. The quantitative estimate of drug-likeness (QED) is 0.857. The van der Waals surface area contributed by atoms with Gasteiger partial charge in [-0.3, -0.25) is 10.1 Å². The Kier molecular flexibility index (Phi) is 5.02. The van der Waals surface area contributed by atoms with Crippen LogP contribution in [0.3, 0.4) is 0 Å². The molecular weight excluding hydrogens is 264 g/mol. The van der Waals surface area contributed by atoms with E-state index in [1.54, 1.807) is 0 Å². The van der Waals surface area contributed by atoms with Gasteiger partial charge in [-0.2, -0.15) is 0 Å². The van der Waals surface area contributed by atoms with Crippen LogP contribution in [-0.4, -0.2) is 18.5 Å². The molecule has 4 heteroatoms. The lowest BCUT2D eigenvalue weighted by atomic mass is 10.1. The SMILES string of the molecule is CCCNC(=O)C(C)NC(C)c1oc2ccccc2c1C. The first-order valence-corrected chi connectivity index (χ1v) is 7.56. The number of nitrogens with one attached hydrogen (secondary N) is 2. The van der Waals surface area contributed by atoms with E-state index >= 15 is 0 Å². The van der Waals surface area contributed by atoms with Gasteiger partial charge in [0, 0.05) is 11.9 Å². The van der Waals surface area contributed by atoms with E-state index in [9.17, 15) is 4.79 Å². The second kappa shape index (κ2) is 6.76. The molecule has 0 radical (unpaired) electrons. The highest BCUT2D eigenvalue weighted by molar-refractivity contribution is 5.82. The summed E-state index contributed by atoms with van der Waals surface area (Å²) in [6.07, 6.45) is 0.941.